The van der Waals surface area contributed by atoms with Gasteiger partial charge in [0.2, 0.25) is 0 Å². The van der Waals surface area contributed by atoms with E-state index in [0.717, 1.165) is 69.4 Å². The SMILES string of the molecule is CN=C(NCCCOCc1ccc(OC)cc1)NCCCOC1CCOC1.I. The Labute approximate surface area is 185 Å². The molecule has 0 amide bonds. The van der Waals surface area contributed by atoms with E-state index in [1.54, 1.807) is 14.2 Å². The van der Waals surface area contributed by atoms with Crippen molar-refractivity contribution in [1.29, 1.82) is 0 Å². The van der Waals surface area contributed by atoms with Gasteiger partial charge in [-0.15, -0.1) is 24.0 Å². The van der Waals surface area contributed by atoms with Crippen molar-refractivity contribution in [2.45, 2.75) is 32.0 Å². The number of nitrogens with zero attached hydrogens (tertiary/aromatic N) is 1. The minimum atomic E-state index is 0. The third-order valence-corrected chi connectivity index (χ3v) is 4.26. The van der Waals surface area contributed by atoms with Gasteiger partial charge in [-0.2, -0.15) is 0 Å². The number of ether oxygens (including phenoxy) is 4. The van der Waals surface area contributed by atoms with Gasteiger partial charge in [0, 0.05) is 40.0 Å². The van der Waals surface area contributed by atoms with Crippen molar-refractivity contribution < 1.29 is 18.9 Å². The van der Waals surface area contributed by atoms with Crippen LogP contribution in [0, 0.1) is 0 Å². The van der Waals surface area contributed by atoms with Crippen LogP contribution in [0.5, 0.6) is 5.75 Å². The minimum absolute atomic E-state index is 0. The Bertz CT molecular complexity index is 537. The molecule has 7 nitrogen and oxygen atoms in total. The minimum Gasteiger partial charge on any atom is -0.497 e. The quantitative estimate of drug-likeness (QED) is 0.196. The average molecular weight is 507 g/mol. The molecule has 8 heteroatoms. The number of nitrogens with one attached hydrogen (secondary N) is 2. The molecule has 160 valence electrons. The zero-order valence-electron chi connectivity index (χ0n) is 16.9. The van der Waals surface area contributed by atoms with E-state index in [4.69, 9.17) is 18.9 Å². The summed E-state index contributed by atoms with van der Waals surface area (Å²) in [6.45, 7) is 5.27. The van der Waals surface area contributed by atoms with Gasteiger partial charge in [0.1, 0.15) is 5.75 Å². The molecule has 2 N–H and O–H groups in total. The molecule has 0 aliphatic carbocycles. The summed E-state index contributed by atoms with van der Waals surface area (Å²) in [5.74, 6) is 1.68. The van der Waals surface area contributed by atoms with E-state index in [1.807, 2.05) is 24.3 Å². The van der Waals surface area contributed by atoms with Gasteiger partial charge < -0.3 is 29.6 Å². The molecule has 28 heavy (non-hydrogen) atoms. The lowest BCUT2D eigenvalue weighted by Crippen LogP contribution is -2.38. The van der Waals surface area contributed by atoms with Crippen molar-refractivity contribution in [2.24, 2.45) is 4.99 Å². The molecular formula is C20H34IN3O4. The molecule has 1 unspecified atom stereocenters. The first-order valence-electron chi connectivity index (χ1n) is 9.66. The maximum absolute atomic E-state index is 5.74. The van der Waals surface area contributed by atoms with E-state index in [0.29, 0.717) is 13.2 Å². The number of guanidine groups is 1. The lowest BCUT2D eigenvalue weighted by molar-refractivity contribution is 0.0420. The monoisotopic (exact) mass is 507 g/mol. The summed E-state index contributed by atoms with van der Waals surface area (Å²) in [4.78, 5) is 4.23. The Morgan fingerprint density at radius 2 is 1.86 bits per heavy atom. The zero-order chi connectivity index (χ0) is 19.2. The molecule has 1 aliphatic heterocycles. The average Bonchev–Trinajstić information content (AvgIpc) is 3.22. The fraction of sp³-hybridized carbons (Fsp3) is 0.650. The summed E-state index contributed by atoms with van der Waals surface area (Å²) in [5, 5.41) is 6.59. The molecule has 1 heterocycles. The molecule has 1 saturated heterocycles. The third kappa shape index (κ3) is 10.4. The maximum atomic E-state index is 5.74. The van der Waals surface area contributed by atoms with Gasteiger partial charge in [-0.25, -0.2) is 0 Å². The first kappa shape index (κ1) is 24.9. The molecular weight excluding hydrogens is 473 g/mol. The zero-order valence-corrected chi connectivity index (χ0v) is 19.3. The van der Waals surface area contributed by atoms with Crippen molar-refractivity contribution in [2.75, 3.05) is 53.7 Å². The molecule has 0 aromatic heterocycles. The molecule has 0 saturated carbocycles. The van der Waals surface area contributed by atoms with Gasteiger partial charge in [0.15, 0.2) is 5.96 Å². The summed E-state index contributed by atoms with van der Waals surface area (Å²) in [7, 11) is 3.45. The second-order valence-corrected chi connectivity index (χ2v) is 6.39. The Morgan fingerprint density at radius 3 is 2.46 bits per heavy atom. The second-order valence-electron chi connectivity index (χ2n) is 6.39. The summed E-state index contributed by atoms with van der Waals surface area (Å²) >= 11 is 0. The van der Waals surface area contributed by atoms with E-state index in [-0.39, 0.29) is 30.1 Å². The summed E-state index contributed by atoms with van der Waals surface area (Å²) in [6.07, 6.45) is 3.15. The lowest BCUT2D eigenvalue weighted by atomic mass is 10.2. The van der Waals surface area contributed by atoms with Crippen molar-refractivity contribution in [1.82, 2.24) is 10.6 Å². The van der Waals surface area contributed by atoms with Crippen LogP contribution < -0.4 is 15.4 Å². The molecule has 0 spiro atoms. The predicted molar refractivity (Wildman–Crippen MR) is 122 cm³/mol. The van der Waals surface area contributed by atoms with E-state index in [1.165, 1.54) is 0 Å². The molecule has 0 radical (unpaired) electrons. The number of hydrogen-bond donors (Lipinski definition) is 2. The largest absolute Gasteiger partial charge is 0.497 e. The molecule has 1 atom stereocenters. The van der Waals surface area contributed by atoms with Crippen LogP contribution in [0.4, 0.5) is 0 Å². The van der Waals surface area contributed by atoms with Crippen LogP contribution in [0.15, 0.2) is 29.3 Å². The highest BCUT2D eigenvalue weighted by Gasteiger charge is 2.15. The summed E-state index contributed by atoms with van der Waals surface area (Å²) < 4.78 is 21.9. The molecule has 1 aromatic rings. The van der Waals surface area contributed by atoms with Crippen LogP contribution >= 0.6 is 24.0 Å². The van der Waals surface area contributed by atoms with Gasteiger partial charge in [-0.3, -0.25) is 4.99 Å². The highest BCUT2D eigenvalue weighted by Crippen LogP contribution is 2.12. The van der Waals surface area contributed by atoms with E-state index in [2.05, 4.69) is 15.6 Å². The van der Waals surface area contributed by atoms with E-state index < -0.39 is 0 Å². The Kier molecular flexibility index (Phi) is 14.1. The van der Waals surface area contributed by atoms with Gasteiger partial charge >= 0.3 is 0 Å². The highest BCUT2D eigenvalue weighted by molar-refractivity contribution is 14.0. The Hall–Kier alpha value is -1.10. The van der Waals surface area contributed by atoms with Crippen LogP contribution in [0.2, 0.25) is 0 Å². The smallest absolute Gasteiger partial charge is 0.190 e. The topological polar surface area (TPSA) is 73.3 Å². The van der Waals surface area contributed by atoms with E-state index >= 15 is 0 Å². The second kappa shape index (κ2) is 15.8. The van der Waals surface area contributed by atoms with Crippen LogP contribution in [0.25, 0.3) is 0 Å². The molecule has 2 rings (SSSR count). The number of aliphatic imine (C=N–C) groups is 1. The molecule has 0 bridgehead atoms. The number of hydrogen-bond acceptors (Lipinski definition) is 5. The van der Waals surface area contributed by atoms with Crippen LogP contribution in [0.3, 0.4) is 0 Å². The van der Waals surface area contributed by atoms with Crippen molar-refractivity contribution in [3.05, 3.63) is 29.8 Å². The maximum Gasteiger partial charge on any atom is 0.190 e. The first-order chi connectivity index (χ1) is 13.3. The molecule has 1 fully saturated rings. The van der Waals surface area contributed by atoms with Crippen molar-refractivity contribution >= 4 is 29.9 Å². The van der Waals surface area contributed by atoms with E-state index in [9.17, 15) is 0 Å². The van der Waals surface area contributed by atoms with Crippen LogP contribution in [0.1, 0.15) is 24.8 Å². The Balaban J connectivity index is 0.00000392. The third-order valence-electron chi connectivity index (χ3n) is 4.26. The number of methoxy groups -OCH3 is 1. The number of rotatable bonds is 12. The van der Waals surface area contributed by atoms with Gasteiger partial charge in [-0.1, -0.05) is 12.1 Å². The summed E-state index contributed by atoms with van der Waals surface area (Å²) in [5.41, 5.74) is 1.15. The number of halogens is 1. The van der Waals surface area contributed by atoms with Gasteiger partial charge in [0.25, 0.3) is 0 Å². The Morgan fingerprint density at radius 1 is 1.14 bits per heavy atom. The van der Waals surface area contributed by atoms with Crippen molar-refractivity contribution in [3.63, 3.8) is 0 Å². The predicted octanol–water partition coefficient (Wildman–Crippen LogP) is 2.58. The number of benzene rings is 1. The normalized spacial score (nSPS) is 16.5. The summed E-state index contributed by atoms with van der Waals surface area (Å²) in [6, 6.07) is 7.93. The lowest BCUT2D eigenvalue weighted by Gasteiger charge is -2.13. The fourth-order valence-corrected chi connectivity index (χ4v) is 2.69. The molecule has 1 aliphatic rings. The van der Waals surface area contributed by atoms with Crippen LogP contribution in [-0.2, 0) is 20.8 Å². The molecule has 1 aromatic carbocycles. The van der Waals surface area contributed by atoms with Gasteiger partial charge in [-0.05, 0) is 37.0 Å². The standard InChI is InChI=1S/C20H33N3O4.HI/c1-21-20(23-11-4-13-27-19-9-14-26-16-19)22-10-3-12-25-15-17-5-7-18(24-2)8-6-17;/h5-8,19H,3-4,9-16H2,1-2H3,(H2,21,22,23);1H. The fourth-order valence-electron chi connectivity index (χ4n) is 2.69. The first-order valence-corrected chi connectivity index (χ1v) is 9.66. The van der Waals surface area contributed by atoms with Crippen LogP contribution in [-0.4, -0.2) is 65.7 Å². The highest BCUT2D eigenvalue weighted by atomic mass is 127. The van der Waals surface area contributed by atoms with Crippen molar-refractivity contribution in [3.8, 4) is 5.75 Å². The van der Waals surface area contributed by atoms with Gasteiger partial charge in [0.05, 0.1) is 26.4 Å².